The number of hydrogen-bond donors (Lipinski definition) is 1. The fourth-order valence-electron chi connectivity index (χ4n) is 3.16. The van der Waals surface area contributed by atoms with Crippen molar-refractivity contribution in [3.05, 3.63) is 35.9 Å². The molecule has 2 rings (SSSR count). The largest absolute Gasteiger partial charge is 0.355 e. The number of benzene rings is 1. The number of hydrogen-bond acceptors (Lipinski definition) is 2. The Balaban J connectivity index is 2.19. The Morgan fingerprint density at radius 3 is 2.36 bits per heavy atom. The van der Waals surface area contributed by atoms with Gasteiger partial charge in [-0.3, -0.25) is 9.59 Å². The van der Waals surface area contributed by atoms with E-state index in [1.54, 1.807) is 6.92 Å². The Labute approximate surface area is 132 Å². The van der Waals surface area contributed by atoms with Crippen molar-refractivity contribution in [2.75, 3.05) is 19.6 Å². The van der Waals surface area contributed by atoms with Crippen LogP contribution in [0.2, 0.25) is 0 Å². The van der Waals surface area contributed by atoms with Gasteiger partial charge in [0.2, 0.25) is 11.8 Å². The zero-order chi connectivity index (χ0) is 16.0. The molecule has 0 radical (unpaired) electrons. The second kappa shape index (κ2) is 7.43. The van der Waals surface area contributed by atoms with Crippen molar-refractivity contribution >= 4 is 11.8 Å². The van der Waals surface area contributed by atoms with Gasteiger partial charge in [0.1, 0.15) is 0 Å². The fourth-order valence-corrected chi connectivity index (χ4v) is 3.16. The smallest absolute Gasteiger partial charge is 0.230 e. The van der Waals surface area contributed by atoms with Gasteiger partial charge in [-0.15, -0.1) is 0 Å². The first kappa shape index (κ1) is 16.5. The summed E-state index contributed by atoms with van der Waals surface area (Å²) in [6.07, 6.45) is 3.44. The van der Waals surface area contributed by atoms with Crippen LogP contribution < -0.4 is 5.32 Å². The maximum absolute atomic E-state index is 12.9. The van der Waals surface area contributed by atoms with Crippen molar-refractivity contribution in [1.29, 1.82) is 0 Å². The molecule has 0 spiro atoms. The number of nitrogens with one attached hydrogen (secondary N) is 1. The number of amides is 2. The van der Waals surface area contributed by atoms with Crippen LogP contribution in [0.25, 0.3) is 0 Å². The molecular formula is C18H26N2O2. The summed E-state index contributed by atoms with van der Waals surface area (Å²) in [5, 5.41) is 3.09. The Bertz CT molecular complexity index is 505. The third-order valence-electron chi connectivity index (χ3n) is 4.64. The quantitative estimate of drug-likeness (QED) is 0.850. The lowest BCUT2D eigenvalue weighted by atomic mass is 9.72. The van der Waals surface area contributed by atoms with Crippen LogP contribution in [0, 0.1) is 0 Å². The highest BCUT2D eigenvalue weighted by atomic mass is 16.2. The molecule has 1 fully saturated rings. The molecule has 4 nitrogen and oxygen atoms in total. The summed E-state index contributed by atoms with van der Waals surface area (Å²) in [7, 11) is 0. The van der Waals surface area contributed by atoms with Gasteiger partial charge in [-0.05, 0) is 24.8 Å². The summed E-state index contributed by atoms with van der Waals surface area (Å²) in [5.74, 6) is 0.198. The molecule has 0 saturated carbocycles. The third-order valence-corrected chi connectivity index (χ3v) is 4.64. The number of carbonyl (C=O) groups is 2. The zero-order valence-electron chi connectivity index (χ0n) is 13.6. The molecule has 0 aliphatic carbocycles. The Morgan fingerprint density at radius 1 is 1.18 bits per heavy atom. The van der Waals surface area contributed by atoms with Crippen LogP contribution in [0.3, 0.4) is 0 Å². The number of likely N-dealkylation sites (tertiary alicyclic amines) is 1. The standard InChI is InChI=1S/C18H26N2O2/c1-3-4-12-19-17(22)18(16-8-6-5-7-9-16)10-13-20(14-11-18)15(2)21/h5-9H,3-4,10-14H2,1-2H3,(H,19,22). The molecule has 2 amide bonds. The minimum atomic E-state index is -0.499. The van der Waals surface area contributed by atoms with Crippen LogP contribution in [0.1, 0.15) is 45.1 Å². The lowest BCUT2D eigenvalue weighted by molar-refractivity contribution is -0.135. The number of nitrogens with zero attached hydrogens (tertiary/aromatic N) is 1. The minimum absolute atomic E-state index is 0.0908. The van der Waals surface area contributed by atoms with E-state index in [0.29, 0.717) is 25.9 Å². The van der Waals surface area contributed by atoms with E-state index in [0.717, 1.165) is 24.9 Å². The minimum Gasteiger partial charge on any atom is -0.355 e. The monoisotopic (exact) mass is 302 g/mol. The number of piperidine rings is 1. The number of unbranched alkanes of at least 4 members (excludes halogenated alkanes) is 1. The van der Waals surface area contributed by atoms with Crippen LogP contribution in [0.15, 0.2) is 30.3 Å². The summed E-state index contributed by atoms with van der Waals surface area (Å²) >= 11 is 0. The van der Waals surface area contributed by atoms with E-state index >= 15 is 0 Å². The summed E-state index contributed by atoms with van der Waals surface area (Å²) in [6.45, 7) is 5.72. The maximum Gasteiger partial charge on any atom is 0.230 e. The van der Waals surface area contributed by atoms with Gasteiger partial charge >= 0.3 is 0 Å². The summed E-state index contributed by atoms with van der Waals surface area (Å²) in [4.78, 5) is 26.2. The second-order valence-corrected chi connectivity index (χ2v) is 6.06. The van der Waals surface area contributed by atoms with Crippen molar-refractivity contribution in [1.82, 2.24) is 10.2 Å². The summed E-state index contributed by atoms with van der Waals surface area (Å²) in [6, 6.07) is 9.99. The molecule has 1 heterocycles. The van der Waals surface area contributed by atoms with Crippen LogP contribution in [-0.4, -0.2) is 36.3 Å². The fraction of sp³-hybridized carbons (Fsp3) is 0.556. The van der Waals surface area contributed by atoms with E-state index in [2.05, 4.69) is 12.2 Å². The Hall–Kier alpha value is -1.84. The van der Waals surface area contributed by atoms with E-state index in [1.165, 1.54) is 0 Å². The average molecular weight is 302 g/mol. The molecule has 0 aromatic heterocycles. The lowest BCUT2D eigenvalue weighted by Gasteiger charge is -2.40. The molecule has 1 saturated heterocycles. The van der Waals surface area contributed by atoms with Gasteiger partial charge in [0.25, 0.3) is 0 Å². The average Bonchev–Trinajstić information content (AvgIpc) is 2.55. The first-order valence-electron chi connectivity index (χ1n) is 8.19. The van der Waals surface area contributed by atoms with Crippen molar-refractivity contribution in [3.8, 4) is 0 Å². The van der Waals surface area contributed by atoms with Crippen molar-refractivity contribution < 1.29 is 9.59 Å². The first-order valence-corrected chi connectivity index (χ1v) is 8.19. The van der Waals surface area contributed by atoms with Crippen LogP contribution in [-0.2, 0) is 15.0 Å². The molecule has 0 atom stereocenters. The Kier molecular flexibility index (Phi) is 5.58. The second-order valence-electron chi connectivity index (χ2n) is 6.06. The molecule has 22 heavy (non-hydrogen) atoms. The van der Waals surface area contributed by atoms with Gasteiger partial charge in [0.15, 0.2) is 0 Å². The first-order chi connectivity index (χ1) is 10.6. The molecule has 0 unspecified atom stereocenters. The molecule has 0 bridgehead atoms. The van der Waals surface area contributed by atoms with Crippen LogP contribution in [0.5, 0.6) is 0 Å². The third kappa shape index (κ3) is 3.49. The molecule has 1 aliphatic heterocycles. The van der Waals surface area contributed by atoms with Gasteiger partial charge in [0, 0.05) is 26.6 Å². The van der Waals surface area contributed by atoms with Gasteiger partial charge in [-0.25, -0.2) is 0 Å². The van der Waals surface area contributed by atoms with Crippen molar-refractivity contribution in [2.24, 2.45) is 0 Å². The highest BCUT2D eigenvalue weighted by molar-refractivity contribution is 5.88. The number of carbonyl (C=O) groups excluding carboxylic acids is 2. The van der Waals surface area contributed by atoms with Gasteiger partial charge < -0.3 is 10.2 Å². The van der Waals surface area contributed by atoms with Crippen LogP contribution >= 0.6 is 0 Å². The van der Waals surface area contributed by atoms with Crippen LogP contribution in [0.4, 0.5) is 0 Å². The molecule has 1 aliphatic rings. The molecule has 1 aromatic carbocycles. The van der Waals surface area contributed by atoms with Gasteiger partial charge in [-0.2, -0.15) is 0 Å². The summed E-state index contributed by atoms with van der Waals surface area (Å²) < 4.78 is 0. The molecule has 4 heteroatoms. The molecule has 1 aromatic rings. The highest BCUT2D eigenvalue weighted by Gasteiger charge is 2.42. The number of rotatable bonds is 5. The molecular weight excluding hydrogens is 276 g/mol. The highest BCUT2D eigenvalue weighted by Crippen LogP contribution is 2.36. The van der Waals surface area contributed by atoms with E-state index in [9.17, 15) is 9.59 Å². The maximum atomic E-state index is 12.9. The normalized spacial score (nSPS) is 17.1. The van der Waals surface area contributed by atoms with E-state index in [-0.39, 0.29) is 11.8 Å². The molecule has 120 valence electrons. The van der Waals surface area contributed by atoms with E-state index < -0.39 is 5.41 Å². The van der Waals surface area contributed by atoms with E-state index in [4.69, 9.17) is 0 Å². The van der Waals surface area contributed by atoms with Gasteiger partial charge in [-0.1, -0.05) is 43.7 Å². The zero-order valence-corrected chi connectivity index (χ0v) is 13.6. The summed E-state index contributed by atoms with van der Waals surface area (Å²) in [5.41, 5.74) is 0.563. The predicted molar refractivity (Wildman–Crippen MR) is 87.5 cm³/mol. The molecule has 1 N–H and O–H groups in total. The SMILES string of the molecule is CCCCNC(=O)C1(c2ccccc2)CCN(C(C)=O)CC1. The lowest BCUT2D eigenvalue weighted by Crippen LogP contribution is -2.52. The van der Waals surface area contributed by atoms with E-state index in [1.807, 2.05) is 35.2 Å². The van der Waals surface area contributed by atoms with Crippen molar-refractivity contribution in [3.63, 3.8) is 0 Å². The Morgan fingerprint density at radius 2 is 1.82 bits per heavy atom. The predicted octanol–water partition coefficient (Wildman–Crippen LogP) is 2.48. The van der Waals surface area contributed by atoms with Crippen molar-refractivity contribution in [2.45, 2.75) is 44.9 Å². The van der Waals surface area contributed by atoms with Gasteiger partial charge in [0.05, 0.1) is 5.41 Å². The topological polar surface area (TPSA) is 49.4 Å².